The number of ether oxygens (including phenoxy) is 5. The number of aliphatic carboxylic acids is 1. The van der Waals surface area contributed by atoms with E-state index < -0.39 is 139 Å². The SMILES string of the molecule is CNc1ccccc1C(=O)O[C@H]1[C@H](O)[C@]2(CO)[C@@H](O)C[C@]3(C)C(=CC[C@@H]4[C@@]5(C)CC[C@H](O[C@@H]6O[C@H](C(=O)O)[C@@H](O[C@@H]7O[C@H](CO)[C@@H](O)[C@H](O)[C@H]7O)[C@H](O)[C@H]6O)C(C)(C)[C@@H]5CC[C@]43C)[C@@H]2CC1(C)C. The van der Waals surface area contributed by atoms with Crippen LogP contribution in [0.4, 0.5) is 5.69 Å². The number of esters is 1. The summed E-state index contributed by atoms with van der Waals surface area (Å²) in [4.78, 5) is 26.3. The molecule has 21 atom stereocenters. The number of carboxylic acids is 1. The number of anilines is 1. The molecule has 18 nitrogen and oxygen atoms in total. The summed E-state index contributed by atoms with van der Waals surface area (Å²) in [5, 5.41) is 113. The summed E-state index contributed by atoms with van der Waals surface area (Å²) >= 11 is 0. The molecule has 0 unspecified atom stereocenters. The number of carbonyl (C=O) groups excluding carboxylic acids is 1. The maximum absolute atomic E-state index is 13.7. The van der Waals surface area contributed by atoms with Crippen molar-refractivity contribution in [1.82, 2.24) is 0 Å². The monoisotopic (exact) mass is 962 g/mol. The molecule has 382 valence electrons. The second kappa shape index (κ2) is 18.0. The highest BCUT2D eigenvalue weighted by atomic mass is 16.7. The molecule has 0 aromatic heterocycles. The van der Waals surface area contributed by atoms with Gasteiger partial charge in [-0.3, -0.25) is 0 Å². The molecule has 5 aliphatic carbocycles. The Morgan fingerprint density at radius 1 is 0.794 bits per heavy atom. The van der Waals surface area contributed by atoms with Crippen molar-refractivity contribution in [2.75, 3.05) is 25.6 Å². The van der Waals surface area contributed by atoms with Crippen LogP contribution in [0.25, 0.3) is 0 Å². The number of carboxylic acid groups (broad SMARTS) is 1. The first-order valence-electron chi connectivity index (χ1n) is 24.3. The number of rotatable bonds is 10. The number of nitrogens with one attached hydrogen (secondary N) is 1. The highest BCUT2D eigenvalue weighted by Crippen LogP contribution is 2.76. The standard InChI is InChI=1S/C50H75NO17/c1-45(2)19-25-24-13-14-29-47(5)17-16-31(65-44-36(59)34(57)37(38(67-44)41(61)62)66-43-35(58)33(56)32(55)27(21-52)64-43)46(3,4)28(47)15-18-48(29,6)49(24,7)20-30(54)50(25,22-53)39(60)40(45)68-42(63)23-11-9-10-12-26(23)51-8/h9-13,25,27-40,43-44,51-60H,14-22H2,1-8H3,(H,61,62)/t25-,27+,28-,29+,30-,31-,32+,33-,34+,35+,36+,37-,38-,39-,40-,43-,44+,47-,48+,49+,50-/m0/s1. The number of allylic oxidation sites excluding steroid dienone is 2. The second-order valence-electron chi connectivity index (χ2n) is 23.1. The van der Waals surface area contributed by atoms with Gasteiger partial charge in [-0.15, -0.1) is 0 Å². The Hall–Kier alpha value is -2.82. The fourth-order valence-electron chi connectivity index (χ4n) is 15.2. The number of hydrogen-bond donors (Lipinski definition) is 11. The summed E-state index contributed by atoms with van der Waals surface area (Å²) < 4.78 is 29.6. The minimum absolute atomic E-state index is 0.0672. The summed E-state index contributed by atoms with van der Waals surface area (Å²) in [5.74, 6) is -2.38. The molecule has 18 heteroatoms. The molecule has 0 spiro atoms. The number of aliphatic hydroxyl groups excluding tert-OH is 9. The average Bonchev–Trinajstić information content (AvgIpc) is 3.28. The van der Waals surface area contributed by atoms with Gasteiger partial charge in [0.25, 0.3) is 0 Å². The lowest BCUT2D eigenvalue weighted by Crippen LogP contribution is -2.72. The van der Waals surface area contributed by atoms with E-state index in [-0.39, 0.29) is 29.1 Å². The van der Waals surface area contributed by atoms with Gasteiger partial charge in [0.2, 0.25) is 0 Å². The zero-order valence-corrected chi connectivity index (χ0v) is 40.4. The van der Waals surface area contributed by atoms with Crippen LogP contribution in [0.5, 0.6) is 0 Å². The van der Waals surface area contributed by atoms with Crippen molar-refractivity contribution in [3.05, 3.63) is 41.5 Å². The first-order valence-corrected chi connectivity index (χ1v) is 24.3. The molecule has 8 rings (SSSR count). The summed E-state index contributed by atoms with van der Waals surface area (Å²) in [7, 11) is 1.71. The van der Waals surface area contributed by atoms with Gasteiger partial charge in [0.15, 0.2) is 18.7 Å². The van der Waals surface area contributed by atoms with E-state index in [0.717, 1.165) is 18.4 Å². The van der Waals surface area contributed by atoms with Crippen molar-refractivity contribution >= 4 is 17.6 Å². The highest BCUT2D eigenvalue weighted by molar-refractivity contribution is 5.95. The van der Waals surface area contributed by atoms with Crippen molar-refractivity contribution in [2.24, 2.45) is 50.2 Å². The first kappa shape index (κ1) is 51.5. The van der Waals surface area contributed by atoms with Crippen LogP contribution in [0.2, 0.25) is 0 Å². The Morgan fingerprint density at radius 3 is 2.10 bits per heavy atom. The molecule has 0 radical (unpaired) electrons. The Bertz CT molecular complexity index is 2080. The molecule has 1 aromatic carbocycles. The highest BCUT2D eigenvalue weighted by Gasteiger charge is 2.73. The molecule has 6 fully saturated rings. The Labute approximate surface area is 397 Å². The van der Waals surface area contributed by atoms with Crippen LogP contribution < -0.4 is 5.32 Å². The van der Waals surface area contributed by atoms with Gasteiger partial charge in [0.1, 0.15) is 54.9 Å². The number of para-hydroxylation sites is 1. The van der Waals surface area contributed by atoms with Crippen molar-refractivity contribution in [1.29, 1.82) is 0 Å². The molecule has 11 N–H and O–H groups in total. The molecule has 2 aliphatic heterocycles. The lowest BCUT2D eigenvalue weighted by molar-refractivity contribution is -0.363. The molecule has 2 heterocycles. The number of hydrogen-bond acceptors (Lipinski definition) is 17. The number of benzene rings is 1. The molecule has 1 aromatic rings. The zero-order valence-electron chi connectivity index (χ0n) is 40.4. The fourth-order valence-corrected chi connectivity index (χ4v) is 15.2. The summed E-state index contributed by atoms with van der Waals surface area (Å²) in [5.41, 5.74) is -1.81. The molecular weight excluding hydrogens is 887 g/mol. The van der Waals surface area contributed by atoms with Gasteiger partial charge in [0, 0.05) is 18.2 Å². The van der Waals surface area contributed by atoms with Crippen LogP contribution in [-0.4, -0.2) is 169 Å². The number of aliphatic hydroxyl groups is 9. The normalized spacial score (nSPS) is 48.4. The van der Waals surface area contributed by atoms with Gasteiger partial charge >= 0.3 is 11.9 Å². The van der Waals surface area contributed by atoms with Crippen molar-refractivity contribution in [3.8, 4) is 0 Å². The van der Waals surface area contributed by atoms with Crippen molar-refractivity contribution < 1.29 is 84.3 Å². The van der Waals surface area contributed by atoms with Crippen molar-refractivity contribution in [3.63, 3.8) is 0 Å². The third kappa shape index (κ3) is 7.61. The predicted octanol–water partition coefficient (Wildman–Crippen LogP) is 1.70. The third-order valence-electron chi connectivity index (χ3n) is 19.2. The summed E-state index contributed by atoms with van der Waals surface area (Å²) in [6, 6.07) is 6.97. The van der Waals surface area contributed by atoms with Crippen LogP contribution >= 0.6 is 0 Å². The topological polar surface area (TPSA) is 295 Å². The van der Waals surface area contributed by atoms with Gasteiger partial charge in [-0.1, -0.05) is 72.2 Å². The van der Waals surface area contributed by atoms with Crippen molar-refractivity contribution in [2.45, 2.75) is 179 Å². The molecule has 7 aliphatic rings. The molecule has 4 saturated carbocycles. The summed E-state index contributed by atoms with van der Waals surface area (Å²) in [6.45, 7) is 13.8. The van der Waals surface area contributed by atoms with E-state index in [1.54, 1.807) is 31.3 Å². The maximum Gasteiger partial charge on any atom is 0.340 e. The third-order valence-corrected chi connectivity index (χ3v) is 19.2. The van der Waals surface area contributed by atoms with Crippen LogP contribution in [0.3, 0.4) is 0 Å². The van der Waals surface area contributed by atoms with Gasteiger partial charge in [-0.25, -0.2) is 9.59 Å². The lowest BCUT2D eigenvalue weighted by atomic mass is 9.33. The molecule has 2 saturated heterocycles. The van der Waals surface area contributed by atoms with E-state index in [0.29, 0.717) is 36.9 Å². The average molecular weight is 962 g/mol. The van der Waals surface area contributed by atoms with E-state index in [1.165, 1.54) is 0 Å². The Kier molecular flexibility index (Phi) is 13.7. The zero-order chi connectivity index (χ0) is 49.8. The quantitative estimate of drug-likeness (QED) is 0.0904. The molecule has 68 heavy (non-hydrogen) atoms. The number of carbonyl (C=O) groups is 2. The maximum atomic E-state index is 13.7. The number of fused-ring (bicyclic) bond motifs is 7. The van der Waals surface area contributed by atoms with Crippen LogP contribution in [0.15, 0.2) is 35.9 Å². The molecular formula is C50H75NO17. The van der Waals surface area contributed by atoms with Gasteiger partial charge < -0.3 is 80.1 Å². The van der Waals surface area contributed by atoms with E-state index in [9.17, 15) is 60.7 Å². The smallest absolute Gasteiger partial charge is 0.340 e. The Morgan fingerprint density at radius 2 is 1.46 bits per heavy atom. The van der Waals surface area contributed by atoms with E-state index >= 15 is 0 Å². The first-order chi connectivity index (χ1) is 31.8. The largest absolute Gasteiger partial charge is 0.479 e. The van der Waals surface area contributed by atoms with Crippen LogP contribution in [-0.2, 0) is 28.5 Å². The predicted molar refractivity (Wildman–Crippen MR) is 241 cm³/mol. The fraction of sp³-hybridized carbons (Fsp3) is 0.800. The minimum atomic E-state index is -1.92. The van der Waals surface area contributed by atoms with E-state index in [1.807, 2.05) is 13.8 Å². The van der Waals surface area contributed by atoms with E-state index in [4.69, 9.17) is 23.7 Å². The van der Waals surface area contributed by atoms with Gasteiger partial charge in [0.05, 0.1) is 36.4 Å². The van der Waals surface area contributed by atoms with Crippen LogP contribution in [0, 0.1) is 50.2 Å². The lowest BCUT2D eigenvalue weighted by Gasteiger charge is -2.72. The molecule has 0 bridgehead atoms. The van der Waals surface area contributed by atoms with Gasteiger partial charge in [-0.05, 0) is 96.5 Å². The second-order valence-corrected chi connectivity index (χ2v) is 23.1. The summed E-state index contributed by atoms with van der Waals surface area (Å²) in [6.07, 6.45) is -15.2. The minimum Gasteiger partial charge on any atom is -0.479 e. The van der Waals surface area contributed by atoms with E-state index in [2.05, 4.69) is 46.0 Å². The van der Waals surface area contributed by atoms with Gasteiger partial charge in [-0.2, -0.15) is 0 Å². The van der Waals surface area contributed by atoms with Crippen LogP contribution in [0.1, 0.15) is 104 Å². The Balaban J connectivity index is 1.02. The molecule has 0 amide bonds.